The normalized spacial score (nSPS) is 11.7. The van der Waals surface area contributed by atoms with Crippen LogP contribution in [-0.4, -0.2) is 39.3 Å². The molecule has 0 bridgehead atoms. The first-order chi connectivity index (χ1) is 10.4. The summed E-state index contributed by atoms with van der Waals surface area (Å²) in [6.45, 7) is 0.189. The number of carbonyl (C=O) groups is 1. The molecule has 0 aliphatic carbocycles. The van der Waals surface area contributed by atoms with E-state index in [-0.39, 0.29) is 12.6 Å². The summed E-state index contributed by atoms with van der Waals surface area (Å²) in [6.07, 6.45) is 5.17. The number of carbonyl (C=O) groups excluding carboxylic acids is 1. The molecule has 22 heavy (non-hydrogen) atoms. The molecular weight excluding hydrogens is 306 g/mol. The highest BCUT2D eigenvalue weighted by molar-refractivity contribution is 7.85. The molecule has 0 atom stereocenters. The minimum absolute atomic E-state index is 0.189. The lowest BCUT2D eigenvalue weighted by Gasteiger charge is -2.03. The molecule has 0 aliphatic heterocycles. The lowest BCUT2D eigenvalue weighted by Crippen LogP contribution is -2.04. The molecular formula is C15H19NO5S. The molecule has 0 fully saturated rings. The number of esters is 1. The largest absolute Gasteiger partial charge is 0.465 e. The van der Waals surface area contributed by atoms with E-state index in [0.717, 1.165) is 35.6 Å². The molecule has 0 aliphatic rings. The van der Waals surface area contributed by atoms with Gasteiger partial charge in [-0.2, -0.15) is 8.42 Å². The Kier molecular flexibility index (Phi) is 5.20. The predicted molar refractivity (Wildman–Crippen MR) is 83.4 cm³/mol. The standard InChI is InChI=1S/C15H19NO5S/c1-20-15(17)11-6-7-14-13(9-11)12(10-16-14)5-3-4-8-21-22(2,18)19/h6-7,9-10,16H,3-5,8H2,1-2H3. The number of aromatic amines is 1. The Morgan fingerprint density at radius 1 is 1.27 bits per heavy atom. The minimum atomic E-state index is -3.37. The Labute approximate surface area is 129 Å². The van der Waals surface area contributed by atoms with Crippen molar-refractivity contribution in [2.45, 2.75) is 19.3 Å². The number of unbranched alkanes of at least 4 members (excludes halogenated alkanes) is 1. The highest BCUT2D eigenvalue weighted by atomic mass is 32.2. The van der Waals surface area contributed by atoms with Crippen molar-refractivity contribution in [2.75, 3.05) is 20.0 Å². The van der Waals surface area contributed by atoms with Crippen LogP contribution in [0.3, 0.4) is 0 Å². The Bertz CT molecular complexity index is 763. The number of H-pyrrole nitrogens is 1. The van der Waals surface area contributed by atoms with E-state index in [4.69, 9.17) is 8.92 Å². The molecule has 1 N–H and O–H groups in total. The number of methoxy groups -OCH3 is 1. The van der Waals surface area contributed by atoms with Crippen LogP contribution in [0, 0.1) is 0 Å². The second kappa shape index (κ2) is 6.93. The van der Waals surface area contributed by atoms with Gasteiger partial charge in [0.2, 0.25) is 0 Å². The van der Waals surface area contributed by atoms with Crippen LogP contribution in [0.1, 0.15) is 28.8 Å². The number of fused-ring (bicyclic) bond motifs is 1. The maximum atomic E-state index is 11.6. The van der Waals surface area contributed by atoms with E-state index >= 15 is 0 Å². The third-order valence-corrected chi connectivity index (χ3v) is 3.92. The molecule has 2 aromatic rings. The fourth-order valence-electron chi connectivity index (χ4n) is 2.26. The Morgan fingerprint density at radius 2 is 2.05 bits per heavy atom. The van der Waals surface area contributed by atoms with E-state index in [1.54, 1.807) is 12.1 Å². The first-order valence-electron chi connectivity index (χ1n) is 6.93. The van der Waals surface area contributed by atoms with Gasteiger partial charge in [0.1, 0.15) is 0 Å². The second-order valence-corrected chi connectivity index (χ2v) is 6.69. The van der Waals surface area contributed by atoms with E-state index in [1.165, 1.54) is 7.11 Å². The molecule has 0 unspecified atom stereocenters. The van der Waals surface area contributed by atoms with Gasteiger partial charge in [-0.25, -0.2) is 4.79 Å². The van der Waals surface area contributed by atoms with Gasteiger partial charge in [-0.3, -0.25) is 4.18 Å². The smallest absolute Gasteiger partial charge is 0.337 e. The molecule has 1 heterocycles. The maximum Gasteiger partial charge on any atom is 0.337 e. The van der Waals surface area contributed by atoms with Gasteiger partial charge >= 0.3 is 5.97 Å². The molecule has 0 saturated carbocycles. The number of ether oxygens (including phenoxy) is 1. The number of hydrogen-bond acceptors (Lipinski definition) is 5. The van der Waals surface area contributed by atoms with Gasteiger partial charge in [0.25, 0.3) is 10.1 Å². The molecule has 0 amide bonds. The van der Waals surface area contributed by atoms with Crippen molar-refractivity contribution in [2.24, 2.45) is 0 Å². The topological polar surface area (TPSA) is 85.5 Å². The van der Waals surface area contributed by atoms with Gasteiger partial charge < -0.3 is 9.72 Å². The summed E-state index contributed by atoms with van der Waals surface area (Å²) in [7, 11) is -2.02. The van der Waals surface area contributed by atoms with E-state index in [9.17, 15) is 13.2 Å². The number of nitrogens with one attached hydrogen (secondary N) is 1. The Hall–Kier alpha value is -1.86. The minimum Gasteiger partial charge on any atom is -0.465 e. The second-order valence-electron chi connectivity index (χ2n) is 5.05. The summed E-state index contributed by atoms with van der Waals surface area (Å²) >= 11 is 0. The summed E-state index contributed by atoms with van der Waals surface area (Å²) in [5, 5.41) is 0.979. The number of aromatic nitrogens is 1. The highest BCUT2D eigenvalue weighted by Gasteiger charge is 2.10. The first kappa shape index (κ1) is 16.5. The summed E-state index contributed by atoms with van der Waals surface area (Å²) < 4.78 is 31.1. The number of rotatable bonds is 7. The molecule has 6 nitrogen and oxygen atoms in total. The first-order valence-corrected chi connectivity index (χ1v) is 8.75. The van der Waals surface area contributed by atoms with E-state index in [1.807, 2.05) is 12.3 Å². The lowest BCUT2D eigenvalue weighted by atomic mass is 10.1. The lowest BCUT2D eigenvalue weighted by molar-refractivity contribution is 0.0601. The van der Waals surface area contributed by atoms with Crippen molar-refractivity contribution in [3.05, 3.63) is 35.5 Å². The summed E-state index contributed by atoms with van der Waals surface area (Å²) in [6, 6.07) is 5.37. The van der Waals surface area contributed by atoms with Gasteiger partial charge in [-0.15, -0.1) is 0 Å². The van der Waals surface area contributed by atoms with E-state index < -0.39 is 10.1 Å². The van der Waals surface area contributed by atoms with Crippen LogP contribution in [0.25, 0.3) is 10.9 Å². The van der Waals surface area contributed by atoms with E-state index in [0.29, 0.717) is 12.0 Å². The van der Waals surface area contributed by atoms with Crippen LogP contribution in [0.4, 0.5) is 0 Å². The zero-order chi connectivity index (χ0) is 16.2. The summed E-state index contributed by atoms with van der Waals surface area (Å²) in [5.41, 5.74) is 2.55. The SMILES string of the molecule is COC(=O)c1ccc2[nH]cc(CCCCOS(C)(=O)=O)c2c1. The molecule has 1 aromatic carbocycles. The highest BCUT2D eigenvalue weighted by Crippen LogP contribution is 2.22. The van der Waals surface area contributed by atoms with Crippen LogP contribution in [0.15, 0.2) is 24.4 Å². The third-order valence-electron chi connectivity index (χ3n) is 3.33. The molecule has 0 radical (unpaired) electrons. The van der Waals surface area contributed by atoms with E-state index in [2.05, 4.69) is 4.98 Å². The van der Waals surface area contributed by atoms with Crippen LogP contribution < -0.4 is 0 Å². The third kappa shape index (κ3) is 4.32. The Morgan fingerprint density at radius 3 is 2.73 bits per heavy atom. The molecule has 1 aromatic heterocycles. The molecule has 120 valence electrons. The van der Waals surface area contributed by atoms with Gasteiger partial charge in [-0.05, 0) is 43.0 Å². The van der Waals surface area contributed by atoms with Crippen LogP contribution in [0.2, 0.25) is 0 Å². The predicted octanol–water partition coefficient (Wildman–Crippen LogP) is 2.25. The van der Waals surface area contributed by atoms with Crippen LogP contribution in [0.5, 0.6) is 0 Å². The Balaban J connectivity index is 2.00. The summed E-state index contributed by atoms with van der Waals surface area (Å²) in [4.78, 5) is 14.7. The maximum absolute atomic E-state index is 11.6. The quantitative estimate of drug-likeness (QED) is 0.479. The zero-order valence-electron chi connectivity index (χ0n) is 12.6. The zero-order valence-corrected chi connectivity index (χ0v) is 13.4. The average Bonchev–Trinajstić information content (AvgIpc) is 2.87. The van der Waals surface area contributed by atoms with Crippen LogP contribution >= 0.6 is 0 Å². The van der Waals surface area contributed by atoms with Crippen molar-refractivity contribution >= 4 is 27.0 Å². The van der Waals surface area contributed by atoms with Crippen LogP contribution in [-0.2, 0) is 25.5 Å². The molecule has 7 heteroatoms. The summed E-state index contributed by atoms with van der Waals surface area (Å²) in [5.74, 6) is -0.365. The van der Waals surface area contributed by atoms with Crippen molar-refractivity contribution in [1.29, 1.82) is 0 Å². The average molecular weight is 325 g/mol. The van der Waals surface area contributed by atoms with Crippen molar-refractivity contribution < 1.29 is 22.1 Å². The fraction of sp³-hybridized carbons (Fsp3) is 0.400. The fourth-order valence-corrected chi connectivity index (χ4v) is 2.68. The van der Waals surface area contributed by atoms with Crippen molar-refractivity contribution in [3.63, 3.8) is 0 Å². The molecule has 0 saturated heterocycles. The van der Waals surface area contributed by atoms with Crippen molar-refractivity contribution in [3.8, 4) is 0 Å². The monoisotopic (exact) mass is 325 g/mol. The number of benzene rings is 1. The van der Waals surface area contributed by atoms with Gasteiger partial charge in [0, 0.05) is 17.1 Å². The van der Waals surface area contributed by atoms with Crippen molar-refractivity contribution in [1.82, 2.24) is 4.98 Å². The van der Waals surface area contributed by atoms with Gasteiger partial charge in [0.15, 0.2) is 0 Å². The molecule has 0 spiro atoms. The number of aryl methyl sites for hydroxylation is 1. The van der Waals surface area contributed by atoms with Gasteiger partial charge in [-0.1, -0.05) is 0 Å². The molecule has 2 rings (SSSR count). The van der Waals surface area contributed by atoms with Gasteiger partial charge in [0.05, 0.1) is 25.5 Å². The number of hydrogen-bond donors (Lipinski definition) is 1.